The molecule has 3 nitrogen and oxygen atoms in total. The lowest BCUT2D eigenvalue weighted by molar-refractivity contribution is -0.131. The van der Waals surface area contributed by atoms with Crippen molar-refractivity contribution in [1.29, 1.82) is 0 Å². The number of amides is 1. The fourth-order valence-electron chi connectivity index (χ4n) is 3.87. The highest BCUT2D eigenvalue weighted by molar-refractivity contribution is 5.83. The lowest BCUT2D eigenvalue weighted by Crippen LogP contribution is -2.48. The first-order valence-corrected chi connectivity index (χ1v) is 8.22. The van der Waals surface area contributed by atoms with Gasteiger partial charge in [0.15, 0.2) is 0 Å². The van der Waals surface area contributed by atoms with Crippen LogP contribution in [0.15, 0.2) is 0 Å². The van der Waals surface area contributed by atoms with Gasteiger partial charge in [0.2, 0.25) is 5.91 Å². The minimum atomic E-state index is -0.117. The Bertz CT molecular complexity index is 297. The van der Waals surface area contributed by atoms with Crippen LogP contribution in [-0.4, -0.2) is 25.0 Å². The van der Waals surface area contributed by atoms with Crippen LogP contribution in [0.5, 0.6) is 0 Å². The highest BCUT2D eigenvalue weighted by Gasteiger charge is 2.41. The van der Waals surface area contributed by atoms with E-state index in [0.717, 1.165) is 38.3 Å². The largest absolute Gasteiger partial charge is 0.353 e. The molecule has 0 aromatic carbocycles. The molecule has 1 aliphatic carbocycles. The molecule has 1 heterocycles. The van der Waals surface area contributed by atoms with Gasteiger partial charge in [0, 0.05) is 12.6 Å². The second-order valence-electron chi connectivity index (χ2n) is 6.57. The highest BCUT2D eigenvalue weighted by atomic mass is 16.2. The second kappa shape index (κ2) is 6.74. The molecular weight excluding hydrogens is 236 g/mol. The van der Waals surface area contributed by atoms with Gasteiger partial charge in [0.25, 0.3) is 0 Å². The second-order valence-corrected chi connectivity index (χ2v) is 6.57. The molecule has 0 bridgehead atoms. The van der Waals surface area contributed by atoms with Crippen LogP contribution < -0.4 is 10.6 Å². The molecule has 1 saturated heterocycles. The van der Waals surface area contributed by atoms with Crippen molar-refractivity contribution in [2.75, 3.05) is 13.1 Å². The zero-order valence-electron chi connectivity index (χ0n) is 12.6. The molecular formula is C16H30N2O. The van der Waals surface area contributed by atoms with Gasteiger partial charge in [-0.3, -0.25) is 4.79 Å². The van der Waals surface area contributed by atoms with Crippen molar-refractivity contribution in [3.05, 3.63) is 0 Å². The maximum Gasteiger partial charge on any atom is 0.227 e. The smallest absolute Gasteiger partial charge is 0.227 e. The third-order valence-electron chi connectivity index (χ3n) is 5.15. The van der Waals surface area contributed by atoms with E-state index in [9.17, 15) is 4.79 Å². The summed E-state index contributed by atoms with van der Waals surface area (Å²) >= 11 is 0. The van der Waals surface area contributed by atoms with E-state index in [0.29, 0.717) is 11.9 Å². The van der Waals surface area contributed by atoms with Crippen molar-refractivity contribution in [2.24, 2.45) is 11.3 Å². The molecule has 0 spiro atoms. The lowest BCUT2D eigenvalue weighted by atomic mass is 9.79. The molecule has 110 valence electrons. The maximum atomic E-state index is 12.7. The fraction of sp³-hybridized carbons (Fsp3) is 0.938. The first kappa shape index (κ1) is 14.8. The number of carbonyl (C=O) groups is 1. The summed E-state index contributed by atoms with van der Waals surface area (Å²) in [6.45, 7) is 6.32. The molecule has 2 N–H and O–H groups in total. The van der Waals surface area contributed by atoms with Gasteiger partial charge in [-0.2, -0.15) is 0 Å². The Balaban J connectivity index is 1.91. The maximum absolute atomic E-state index is 12.7. The molecule has 0 radical (unpaired) electrons. The third-order valence-corrected chi connectivity index (χ3v) is 5.15. The van der Waals surface area contributed by atoms with E-state index < -0.39 is 0 Å². The van der Waals surface area contributed by atoms with E-state index in [2.05, 4.69) is 24.5 Å². The molecule has 2 aliphatic rings. The number of hydrogen-bond acceptors (Lipinski definition) is 2. The van der Waals surface area contributed by atoms with Crippen molar-refractivity contribution in [2.45, 2.75) is 71.3 Å². The Morgan fingerprint density at radius 3 is 2.84 bits per heavy atom. The summed E-state index contributed by atoms with van der Waals surface area (Å²) in [5.74, 6) is 1.14. The highest BCUT2D eigenvalue weighted by Crippen LogP contribution is 2.33. The van der Waals surface area contributed by atoms with E-state index in [1.165, 1.54) is 32.1 Å². The summed E-state index contributed by atoms with van der Waals surface area (Å²) in [4.78, 5) is 12.7. The van der Waals surface area contributed by atoms with E-state index in [1.807, 2.05) is 0 Å². The molecule has 1 saturated carbocycles. The Labute approximate surface area is 117 Å². The molecule has 0 aromatic rings. The molecule has 3 heteroatoms. The molecule has 2 fully saturated rings. The van der Waals surface area contributed by atoms with Crippen LogP contribution in [-0.2, 0) is 4.79 Å². The molecule has 1 aliphatic heterocycles. The van der Waals surface area contributed by atoms with Crippen LogP contribution in [0, 0.1) is 11.3 Å². The summed E-state index contributed by atoms with van der Waals surface area (Å²) in [5, 5.41) is 6.75. The SMILES string of the molecule is CCCC1(C(=O)NC2CCCC(CC)C2)CCNC1. The number of carbonyl (C=O) groups excluding carboxylic acids is 1. The minimum absolute atomic E-state index is 0.117. The van der Waals surface area contributed by atoms with Crippen LogP contribution in [0.4, 0.5) is 0 Å². The fourth-order valence-corrected chi connectivity index (χ4v) is 3.87. The van der Waals surface area contributed by atoms with Crippen molar-refractivity contribution < 1.29 is 4.79 Å². The van der Waals surface area contributed by atoms with E-state index >= 15 is 0 Å². The third kappa shape index (κ3) is 3.50. The predicted octanol–water partition coefficient (Wildman–Crippen LogP) is 2.85. The van der Waals surface area contributed by atoms with E-state index in [-0.39, 0.29) is 5.41 Å². The Kier molecular flexibility index (Phi) is 5.26. The summed E-state index contributed by atoms with van der Waals surface area (Å²) in [5.41, 5.74) is -0.117. The van der Waals surface area contributed by atoms with Crippen LogP contribution in [0.1, 0.15) is 65.2 Å². The molecule has 1 amide bonds. The van der Waals surface area contributed by atoms with Gasteiger partial charge in [0.05, 0.1) is 5.41 Å². The van der Waals surface area contributed by atoms with Crippen LogP contribution >= 0.6 is 0 Å². The van der Waals surface area contributed by atoms with Gasteiger partial charge in [-0.25, -0.2) is 0 Å². The van der Waals surface area contributed by atoms with Crippen LogP contribution in [0.3, 0.4) is 0 Å². The number of rotatable bonds is 5. The lowest BCUT2D eigenvalue weighted by Gasteiger charge is -2.33. The zero-order chi connectivity index (χ0) is 13.7. The van der Waals surface area contributed by atoms with Gasteiger partial charge >= 0.3 is 0 Å². The van der Waals surface area contributed by atoms with Crippen LogP contribution in [0.25, 0.3) is 0 Å². The van der Waals surface area contributed by atoms with Gasteiger partial charge in [-0.1, -0.05) is 39.5 Å². The Hall–Kier alpha value is -0.570. The van der Waals surface area contributed by atoms with Crippen molar-refractivity contribution in [3.63, 3.8) is 0 Å². The summed E-state index contributed by atoms with van der Waals surface area (Å²) in [6.07, 6.45) is 9.39. The average Bonchev–Trinajstić information content (AvgIpc) is 2.89. The van der Waals surface area contributed by atoms with Gasteiger partial charge in [-0.15, -0.1) is 0 Å². The van der Waals surface area contributed by atoms with Crippen molar-refractivity contribution in [1.82, 2.24) is 10.6 Å². The minimum Gasteiger partial charge on any atom is -0.353 e. The standard InChI is InChI=1S/C16H30N2O/c1-3-8-16(9-10-17-12-16)15(19)18-14-7-5-6-13(4-2)11-14/h13-14,17H,3-12H2,1-2H3,(H,18,19). The van der Waals surface area contributed by atoms with Gasteiger partial charge < -0.3 is 10.6 Å². The van der Waals surface area contributed by atoms with Crippen molar-refractivity contribution >= 4 is 5.91 Å². The Morgan fingerprint density at radius 1 is 1.37 bits per heavy atom. The summed E-state index contributed by atoms with van der Waals surface area (Å²) < 4.78 is 0. The normalized spacial score (nSPS) is 35.3. The molecule has 2 rings (SSSR count). The van der Waals surface area contributed by atoms with Gasteiger partial charge in [0.1, 0.15) is 0 Å². The molecule has 0 aromatic heterocycles. The van der Waals surface area contributed by atoms with Gasteiger partial charge in [-0.05, 0) is 38.1 Å². The average molecular weight is 266 g/mol. The molecule has 19 heavy (non-hydrogen) atoms. The Morgan fingerprint density at radius 2 is 2.21 bits per heavy atom. The first-order chi connectivity index (χ1) is 9.20. The zero-order valence-corrected chi connectivity index (χ0v) is 12.6. The van der Waals surface area contributed by atoms with Crippen LogP contribution in [0.2, 0.25) is 0 Å². The quantitative estimate of drug-likeness (QED) is 0.803. The monoisotopic (exact) mass is 266 g/mol. The summed E-state index contributed by atoms with van der Waals surface area (Å²) in [7, 11) is 0. The molecule has 3 unspecified atom stereocenters. The van der Waals surface area contributed by atoms with E-state index in [1.54, 1.807) is 0 Å². The predicted molar refractivity (Wildman–Crippen MR) is 79.0 cm³/mol. The molecule has 3 atom stereocenters. The number of hydrogen-bond donors (Lipinski definition) is 2. The number of nitrogens with one attached hydrogen (secondary N) is 2. The van der Waals surface area contributed by atoms with Crippen molar-refractivity contribution in [3.8, 4) is 0 Å². The first-order valence-electron chi connectivity index (χ1n) is 8.22. The topological polar surface area (TPSA) is 41.1 Å². The summed E-state index contributed by atoms with van der Waals surface area (Å²) in [6, 6.07) is 0.431. The van der Waals surface area contributed by atoms with E-state index in [4.69, 9.17) is 0 Å².